The van der Waals surface area contributed by atoms with Gasteiger partial charge in [0, 0.05) is 23.1 Å². The van der Waals surface area contributed by atoms with Crippen molar-refractivity contribution < 1.29 is 19.4 Å². The smallest absolute Gasteiger partial charge is 0.343 e. The fraction of sp³-hybridized carbons (Fsp3) is 0.375. The summed E-state index contributed by atoms with van der Waals surface area (Å²) in [5.74, 6) is 0.111. The lowest BCUT2D eigenvalue weighted by molar-refractivity contribution is -0.172. The van der Waals surface area contributed by atoms with Crippen molar-refractivity contribution in [3.63, 3.8) is 0 Å². The van der Waals surface area contributed by atoms with E-state index in [4.69, 9.17) is 20.2 Å². The maximum Gasteiger partial charge on any atom is 0.343 e. The summed E-state index contributed by atoms with van der Waals surface area (Å²) in [6.07, 6.45) is 2.03. The van der Waals surface area contributed by atoms with E-state index < -0.39 is 11.6 Å². The van der Waals surface area contributed by atoms with Gasteiger partial charge in [-0.05, 0) is 42.5 Å². The zero-order chi connectivity index (χ0) is 22.2. The molecule has 2 aromatic heterocycles. The third-order valence-electron chi connectivity index (χ3n) is 7.04. The Labute approximate surface area is 183 Å². The SMILES string of the molecule is CC[C@@]1(O)C(=O)OCc2c1cc1n(c2=O)Cc2c-1nc1ccc3c(c1c2CN)OCCC3. The topological polar surface area (TPSA) is 117 Å². The first-order chi connectivity index (χ1) is 15.5. The number of rotatable bonds is 2. The lowest BCUT2D eigenvalue weighted by Crippen LogP contribution is -2.44. The van der Waals surface area contributed by atoms with Gasteiger partial charge in [0.25, 0.3) is 5.56 Å². The summed E-state index contributed by atoms with van der Waals surface area (Å²) >= 11 is 0. The van der Waals surface area contributed by atoms with Crippen molar-refractivity contribution in [1.29, 1.82) is 0 Å². The van der Waals surface area contributed by atoms with Gasteiger partial charge in [-0.3, -0.25) is 4.79 Å². The summed E-state index contributed by atoms with van der Waals surface area (Å²) in [5, 5.41) is 11.9. The van der Waals surface area contributed by atoms with Crippen LogP contribution in [0.2, 0.25) is 0 Å². The summed E-state index contributed by atoms with van der Waals surface area (Å²) in [6.45, 7) is 2.81. The third kappa shape index (κ3) is 2.36. The minimum absolute atomic E-state index is 0.108. The number of esters is 1. The zero-order valence-corrected chi connectivity index (χ0v) is 17.7. The number of aliphatic hydroxyl groups is 1. The van der Waals surface area contributed by atoms with Crippen LogP contribution in [0.4, 0.5) is 0 Å². The van der Waals surface area contributed by atoms with E-state index in [1.54, 1.807) is 17.6 Å². The fourth-order valence-electron chi connectivity index (χ4n) is 5.30. The van der Waals surface area contributed by atoms with E-state index in [-0.39, 0.29) is 25.1 Å². The molecule has 32 heavy (non-hydrogen) atoms. The minimum atomic E-state index is -1.84. The second-order valence-electron chi connectivity index (χ2n) is 8.62. The number of hydrogen-bond acceptors (Lipinski definition) is 7. The van der Waals surface area contributed by atoms with Gasteiger partial charge in [0.1, 0.15) is 12.4 Å². The van der Waals surface area contributed by atoms with Crippen molar-refractivity contribution >= 4 is 16.9 Å². The quantitative estimate of drug-likeness (QED) is 0.464. The first-order valence-electron chi connectivity index (χ1n) is 10.9. The number of carbonyl (C=O) groups is 1. The molecule has 1 atom stereocenters. The van der Waals surface area contributed by atoms with Gasteiger partial charge in [0.15, 0.2) is 5.60 Å². The van der Waals surface area contributed by atoms with Crippen molar-refractivity contribution in [3.05, 3.63) is 56.4 Å². The normalized spacial score (nSPS) is 20.8. The largest absolute Gasteiger partial charge is 0.493 e. The number of aryl methyl sites for hydroxylation is 1. The van der Waals surface area contributed by atoms with Crippen LogP contribution in [-0.4, -0.2) is 27.2 Å². The number of pyridine rings is 2. The van der Waals surface area contributed by atoms with Crippen LogP contribution in [0.1, 0.15) is 47.6 Å². The first-order valence-corrected chi connectivity index (χ1v) is 10.9. The lowest BCUT2D eigenvalue weighted by Gasteiger charge is -2.31. The first kappa shape index (κ1) is 19.5. The molecule has 8 nitrogen and oxygen atoms in total. The lowest BCUT2D eigenvalue weighted by atomic mass is 9.86. The van der Waals surface area contributed by atoms with Crippen molar-refractivity contribution in [2.75, 3.05) is 6.61 Å². The van der Waals surface area contributed by atoms with E-state index in [1.807, 2.05) is 12.1 Å². The Bertz CT molecular complexity index is 1390. The van der Waals surface area contributed by atoms with E-state index in [9.17, 15) is 14.7 Å². The van der Waals surface area contributed by atoms with E-state index in [1.165, 1.54) is 0 Å². The molecule has 6 rings (SSSR count). The minimum Gasteiger partial charge on any atom is -0.493 e. The van der Waals surface area contributed by atoms with Gasteiger partial charge in [0.2, 0.25) is 0 Å². The molecule has 0 fully saturated rings. The van der Waals surface area contributed by atoms with Crippen LogP contribution < -0.4 is 16.0 Å². The maximum atomic E-state index is 13.4. The average molecular weight is 433 g/mol. The van der Waals surface area contributed by atoms with Crippen molar-refractivity contribution in [2.45, 2.75) is 51.5 Å². The summed E-state index contributed by atoms with van der Waals surface area (Å²) in [5.41, 5.74) is 9.67. The van der Waals surface area contributed by atoms with Crippen LogP contribution >= 0.6 is 0 Å². The number of nitrogens with zero attached hydrogens (tertiary/aromatic N) is 2. The van der Waals surface area contributed by atoms with Gasteiger partial charge in [-0.25, -0.2) is 9.78 Å². The van der Waals surface area contributed by atoms with Gasteiger partial charge in [0.05, 0.1) is 35.6 Å². The molecule has 1 aromatic carbocycles. The summed E-state index contributed by atoms with van der Waals surface area (Å²) < 4.78 is 12.8. The molecule has 3 aromatic rings. The number of nitrogens with two attached hydrogens (primary N) is 1. The van der Waals surface area contributed by atoms with Crippen LogP contribution in [0.3, 0.4) is 0 Å². The molecule has 0 bridgehead atoms. The molecule has 0 spiro atoms. The predicted octanol–water partition coefficient (Wildman–Crippen LogP) is 1.86. The molecule has 5 heterocycles. The summed E-state index contributed by atoms with van der Waals surface area (Å²) in [6, 6.07) is 5.74. The Morgan fingerprint density at radius 3 is 2.88 bits per heavy atom. The standard InChI is InChI=1S/C24H23N3O5/c1-2-24(30)16-8-18-20-14(10-27(18)22(28)15(16)11-32-23(24)29)13(9-25)19-17(26-20)6-5-12-4-3-7-31-21(12)19/h5-6,8,30H,2-4,7,9-11,25H2,1H3/t24-/m0/s1. The highest BCUT2D eigenvalue weighted by atomic mass is 16.6. The molecule has 3 aliphatic heterocycles. The number of fused-ring (bicyclic) bond motifs is 7. The van der Waals surface area contributed by atoms with Crippen LogP contribution in [-0.2, 0) is 41.2 Å². The average Bonchev–Trinajstić information content (AvgIpc) is 3.19. The zero-order valence-electron chi connectivity index (χ0n) is 17.7. The Morgan fingerprint density at radius 1 is 1.25 bits per heavy atom. The molecule has 8 heteroatoms. The number of aromatic nitrogens is 2. The molecule has 0 unspecified atom stereocenters. The molecule has 3 aliphatic rings. The molecule has 0 saturated carbocycles. The number of carbonyl (C=O) groups excluding carboxylic acids is 1. The number of ether oxygens (including phenoxy) is 2. The Balaban J connectivity index is 1.65. The Morgan fingerprint density at radius 2 is 2.09 bits per heavy atom. The second kappa shape index (κ2) is 6.63. The van der Waals surface area contributed by atoms with Crippen molar-refractivity contribution in [3.8, 4) is 17.1 Å². The molecule has 0 saturated heterocycles. The Hall–Kier alpha value is -3.23. The van der Waals surface area contributed by atoms with Crippen molar-refractivity contribution in [2.24, 2.45) is 5.73 Å². The number of benzene rings is 1. The fourth-order valence-corrected chi connectivity index (χ4v) is 5.30. The van der Waals surface area contributed by atoms with Crippen LogP contribution in [0, 0.1) is 0 Å². The van der Waals surface area contributed by atoms with Gasteiger partial charge in [-0.15, -0.1) is 0 Å². The van der Waals surface area contributed by atoms with Gasteiger partial charge >= 0.3 is 5.97 Å². The number of cyclic esters (lactones) is 1. The van der Waals surface area contributed by atoms with Crippen LogP contribution in [0.5, 0.6) is 5.75 Å². The third-order valence-corrected chi connectivity index (χ3v) is 7.04. The monoisotopic (exact) mass is 433 g/mol. The molecule has 0 aliphatic carbocycles. The highest BCUT2D eigenvalue weighted by molar-refractivity contribution is 5.94. The predicted molar refractivity (Wildman–Crippen MR) is 116 cm³/mol. The van der Waals surface area contributed by atoms with Crippen LogP contribution in [0.15, 0.2) is 23.0 Å². The molecular weight excluding hydrogens is 410 g/mol. The van der Waals surface area contributed by atoms with E-state index in [0.717, 1.165) is 46.2 Å². The van der Waals surface area contributed by atoms with E-state index in [2.05, 4.69) is 0 Å². The highest BCUT2D eigenvalue weighted by Gasteiger charge is 2.45. The van der Waals surface area contributed by atoms with Gasteiger partial charge < -0.3 is 24.9 Å². The van der Waals surface area contributed by atoms with Gasteiger partial charge in [-0.1, -0.05) is 13.0 Å². The van der Waals surface area contributed by atoms with E-state index >= 15 is 0 Å². The molecule has 164 valence electrons. The summed E-state index contributed by atoms with van der Waals surface area (Å²) in [4.78, 5) is 30.6. The van der Waals surface area contributed by atoms with Crippen LogP contribution in [0.25, 0.3) is 22.3 Å². The molecular formula is C24H23N3O5. The van der Waals surface area contributed by atoms with E-state index in [0.29, 0.717) is 35.7 Å². The highest BCUT2D eigenvalue weighted by Crippen LogP contribution is 2.43. The molecule has 0 radical (unpaired) electrons. The van der Waals surface area contributed by atoms with Gasteiger partial charge in [-0.2, -0.15) is 0 Å². The van der Waals surface area contributed by atoms with Crippen molar-refractivity contribution in [1.82, 2.24) is 9.55 Å². The second-order valence-corrected chi connectivity index (χ2v) is 8.62. The molecule has 3 N–H and O–H groups in total. The maximum absolute atomic E-state index is 13.4. The molecule has 0 amide bonds. The summed E-state index contributed by atoms with van der Waals surface area (Å²) in [7, 11) is 0. The Kier molecular flexibility index (Phi) is 4.03. The number of hydrogen-bond donors (Lipinski definition) is 2.